The number of aryl methyl sites for hydroxylation is 1. The van der Waals surface area contributed by atoms with Gasteiger partial charge >= 0.3 is 0 Å². The number of nitrogens with one attached hydrogen (secondary N) is 1. The van der Waals surface area contributed by atoms with E-state index in [0.29, 0.717) is 6.04 Å². The van der Waals surface area contributed by atoms with Crippen molar-refractivity contribution in [1.82, 2.24) is 15.1 Å². The van der Waals surface area contributed by atoms with Crippen LogP contribution in [0.1, 0.15) is 45.9 Å². The van der Waals surface area contributed by atoms with Gasteiger partial charge in [-0.2, -0.15) is 5.10 Å². The van der Waals surface area contributed by atoms with E-state index in [-0.39, 0.29) is 5.41 Å². The second-order valence-electron chi connectivity index (χ2n) is 5.56. The molecule has 0 aliphatic heterocycles. The van der Waals surface area contributed by atoms with Crippen molar-refractivity contribution in [2.75, 3.05) is 6.54 Å². The molecule has 1 rings (SSSR count). The molecule has 1 aromatic rings. The predicted molar refractivity (Wildman–Crippen MR) is 74.1 cm³/mol. The van der Waals surface area contributed by atoms with Gasteiger partial charge in [0.25, 0.3) is 0 Å². The molecule has 0 spiro atoms. The molecule has 1 N–H and O–H groups in total. The molecule has 1 unspecified atom stereocenters. The molecule has 0 fully saturated rings. The van der Waals surface area contributed by atoms with Crippen LogP contribution in [0.5, 0.6) is 0 Å². The third-order valence-corrected chi connectivity index (χ3v) is 2.66. The maximum absolute atomic E-state index is 4.55. The molecular formula is C14H25N3. The van der Waals surface area contributed by atoms with Crippen LogP contribution >= 0.6 is 0 Å². The van der Waals surface area contributed by atoms with Crippen LogP contribution < -0.4 is 5.32 Å². The first-order valence-electron chi connectivity index (χ1n) is 6.30. The number of hydrogen-bond acceptors (Lipinski definition) is 2. The summed E-state index contributed by atoms with van der Waals surface area (Å²) in [5.74, 6) is 0. The highest BCUT2D eigenvalue weighted by molar-refractivity contribution is 5.53. The van der Waals surface area contributed by atoms with Crippen molar-refractivity contribution in [2.24, 2.45) is 7.05 Å². The number of hydrogen-bond donors (Lipinski definition) is 1. The molecule has 0 amide bonds. The topological polar surface area (TPSA) is 29.9 Å². The Labute approximate surface area is 105 Å². The molecule has 1 atom stereocenters. The van der Waals surface area contributed by atoms with Crippen molar-refractivity contribution in [3.8, 4) is 0 Å². The highest BCUT2D eigenvalue weighted by Crippen LogP contribution is 2.24. The Morgan fingerprint density at radius 2 is 2.12 bits per heavy atom. The average Bonchev–Trinajstić information content (AvgIpc) is 2.57. The van der Waals surface area contributed by atoms with Crippen LogP contribution in [0.4, 0.5) is 0 Å². The summed E-state index contributed by atoms with van der Waals surface area (Å²) in [5, 5.41) is 7.92. The minimum Gasteiger partial charge on any atom is -0.311 e. The van der Waals surface area contributed by atoms with Crippen molar-refractivity contribution < 1.29 is 0 Å². The van der Waals surface area contributed by atoms with Crippen LogP contribution in [0.3, 0.4) is 0 Å². The van der Waals surface area contributed by atoms with Gasteiger partial charge in [0.1, 0.15) is 0 Å². The van der Waals surface area contributed by atoms with Crippen molar-refractivity contribution in [3.63, 3.8) is 0 Å². The van der Waals surface area contributed by atoms with E-state index in [9.17, 15) is 0 Å². The summed E-state index contributed by atoms with van der Waals surface area (Å²) in [6.07, 6.45) is 6.44. The van der Waals surface area contributed by atoms with Crippen LogP contribution in [0.25, 0.3) is 6.08 Å². The number of aromatic nitrogens is 2. The Kier molecular flexibility index (Phi) is 4.52. The molecule has 3 heteroatoms. The smallest absolute Gasteiger partial charge is 0.0750 e. The SMILES string of the molecule is CCNC(C)/C=C/c1cn(C)nc1C(C)(C)C. The van der Waals surface area contributed by atoms with Crippen molar-refractivity contribution in [2.45, 2.75) is 46.1 Å². The van der Waals surface area contributed by atoms with E-state index in [2.05, 4.69) is 63.4 Å². The lowest BCUT2D eigenvalue weighted by atomic mass is 9.89. The van der Waals surface area contributed by atoms with Crippen molar-refractivity contribution in [1.29, 1.82) is 0 Å². The normalized spacial score (nSPS) is 14.5. The van der Waals surface area contributed by atoms with E-state index >= 15 is 0 Å². The number of rotatable bonds is 4. The van der Waals surface area contributed by atoms with Crippen LogP contribution in [-0.4, -0.2) is 22.4 Å². The molecular weight excluding hydrogens is 210 g/mol. The second kappa shape index (κ2) is 5.50. The molecule has 0 aliphatic rings. The highest BCUT2D eigenvalue weighted by atomic mass is 15.3. The van der Waals surface area contributed by atoms with Gasteiger partial charge in [0, 0.05) is 30.3 Å². The van der Waals surface area contributed by atoms with Gasteiger partial charge < -0.3 is 5.32 Å². The first-order valence-corrected chi connectivity index (χ1v) is 6.30. The fourth-order valence-electron chi connectivity index (χ4n) is 1.85. The summed E-state index contributed by atoms with van der Waals surface area (Å²) >= 11 is 0. The zero-order valence-electron chi connectivity index (χ0n) is 11.9. The van der Waals surface area contributed by atoms with E-state index in [0.717, 1.165) is 12.2 Å². The maximum Gasteiger partial charge on any atom is 0.0750 e. The van der Waals surface area contributed by atoms with E-state index in [1.54, 1.807) is 0 Å². The Bertz CT molecular complexity index is 383. The van der Waals surface area contributed by atoms with Crippen molar-refractivity contribution in [3.05, 3.63) is 23.5 Å². The maximum atomic E-state index is 4.55. The van der Waals surface area contributed by atoms with Gasteiger partial charge in [-0.1, -0.05) is 39.8 Å². The third kappa shape index (κ3) is 4.00. The summed E-state index contributed by atoms with van der Waals surface area (Å²) < 4.78 is 1.89. The minimum atomic E-state index is 0.0857. The van der Waals surface area contributed by atoms with Crippen LogP contribution in [0, 0.1) is 0 Å². The molecule has 0 bridgehead atoms. The number of nitrogens with zero attached hydrogens (tertiary/aromatic N) is 2. The molecule has 0 aliphatic carbocycles. The lowest BCUT2D eigenvalue weighted by Gasteiger charge is -2.16. The highest BCUT2D eigenvalue weighted by Gasteiger charge is 2.20. The van der Waals surface area contributed by atoms with Gasteiger partial charge in [-0.05, 0) is 13.5 Å². The number of likely N-dealkylation sites (N-methyl/N-ethyl adjacent to an activating group) is 1. The van der Waals surface area contributed by atoms with Crippen LogP contribution in [-0.2, 0) is 12.5 Å². The Balaban J connectivity index is 2.91. The first kappa shape index (κ1) is 14.0. The fraction of sp³-hybridized carbons (Fsp3) is 0.643. The van der Waals surface area contributed by atoms with E-state index in [1.807, 2.05) is 11.7 Å². The summed E-state index contributed by atoms with van der Waals surface area (Å²) in [6, 6.07) is 0.396. The molecule has 17 heavy (non-hydrogen) atoms. The quantitative estimate of drug-likeness (QED) is 0.869. The van der Waals surface area contributed by atoms with E-state index in [1.165, 1.54) is 5.56 Å². The lowest BCUT2D eigenvalue weighted by Crippen LogP contribution is -2.23. The largest absolute Gasteiger partial charge is 0.311 e. The van der Waals surface area contributed by atoms with Gasteiger partial charge in [-0.15, -0.1) is 0 Å². The standard InChI is InChI=1S/C14H25N3/c1-7-15-11(2)8-9-12-10-17(6)16-13(12)14(3,4)5/h8-11,15H,7H2,1-6H3/b9-8+. The Hall–Kier alpha value is -1.09. The molecule has 0 aromatic carbocycles. The lowest BCUT2D eigenvalue weighted by molar-refractivity contribution is 0.552. The van der Waals surface area contributed by atoms with E-state index in [4.69, 9.17) is 0 Å². The zero-order chi connectivity index (χ0) is 13.1. The molecule has 1 heterocycles. The van der Waals surface area contributed by atoms with Gasteiger partial charge in [0.2, 0.25) is 0 Å². The van der Waals surface area contributed by atoms with Crippen molar-refractivity contribution >= 4 is 6.08 Å². The summed E-state index contributed by atoms with van der Waals surface area (Å²) in [4.78, 5) is 0. The van der Waals surface area contributed by atoms with Gasteiger partial charge in [0.05, 0.1) is 5.69 Å². The molecule has 0 saturated heterocycles. The van der Waals surface area contributed by atoms with Crippen LogP contribution in [0.15, 0.2) is 12.3 Å². The summed E-state index contributed by atoms with van der Waals surface area (Å²) in [6.45, 7) is 11.9. The third-order valence-electron chi connectivity index (χ3n) is 2.66. The average molecular weight is 235 g/mol. The Morgan fingerprint density at radius 1 is 1.47 bits per heavy atom. The van der Waals surface area contributed by atoms with Gasteiger partial charge in [0.15, 0.2) is 0 Å². The molecule has 0 saturated carbocycles. The van der Waals surface area contributed by atoms with E-state index < -0.39 is 0 Å². The molecule has 0 radical (unpaired) electrons. The summed E-state index contributed by atoms with van der Waals surface area (Å²) in [5.41, 5.74) is 2.45. The zero-order valence-corrected chi connectivity index (χ0v) is 11.9. The first-order chi connectivity index (χ1) is 7.84. The minimum absolute atomic E-state index is 0.0857. The van der Waals surface area contributed by atoms with Gasteiger partial charge in [-0.3, -0.25) is 4.68 Å². The molecule has 3 nitrogen and oxygen atoms in total. The fourth-order valence-corrected chi connectivity index (χ4v) is 1.85. The van der Waals surface area contributed by atoms with Crippen LogP contribution in [0.2, 0.25) is 0 Å². The molecule has 1 aromatic heterocycles. The Morgan fingerprint density at radius 3 is 2.65 bits per heavy atom. The monoisotopic (exact) mass is 235 g/mol. The van der Waals surface area contributed by atoms with Gasteiger partial charge in [-0.25, -0.2) is 0 Å². The second-order valence-corrected chi connectivity index (χ2v) is 5.56. The summed E-state index contributed by atoms with van der Waals surface area (Å²) in [7, 11) is 1.97. The predicted octanol–water partition coefficient (Wildman–Crippen LogP) is 2.73. The molecule has 96 valence electrons.